The van der Waals surface area contributed by atoms with E-state index in [-0.39, 0.29) is 0 Å². The summed E-state index contributed by atoms with van der Waals surface area (Å²) < 4.78 is 2.44. The van der Waals surface area contributed by atoms with Crippen molar-refractivity contribution in [3.05, 3.63) is 243 Å². The molecular formula is C60H40N2. The third kappa shape index (κ3) is 6.12. The molecule has 62 heavy (non-hydrogen) atoms. The highest BCUT2D eigenvalue weighted by Crippen LogP contribution is 2.41. The SMILES string of the molecule is c1ccc(-c2ccc(N(c3ccc(-c4ccc5c(ccc6ccccc65)c4)cc3)c3ccc(-c4ccc5c6ccc7ccccc7c6n(-c6ccccc6)c5c4)cc3)cc2)cc1. The van der Waals surface area contributed by atoms with E-state index in [2.05, 4.69) is 252 Å². The number of hydrogen-bond acceptors (Lipinski definition) is 1. The van der Waals surface area contributed by atoms with E-state index >= 15 is 0 Å². The van der Waals surface area contributed by atoms with Gasteiger partial charge in [-0.2, -0.15) is 0 Å². The van der Waals surface area contributed by atoms with Gasteiger partial charge in [0.2, 0.25) is 0 Å². The maximum atomic E-state index is 2.44. The fourth-order valence-corrected chi connectivity index (χ4v) is 9.48. The van der Waals surface area contributed by atoms with Crippen LogP contribution in [0.5, 0.6) is 0 Å². The van der Waals surface area contributed by atoms with Crippen LogP contribution in [-0.4, -0.2) is 4.57 Å². The van der Waals surface area contributed by atoms with Crippen molar-refractivity contribution in [3.63, 3.8) is 0 Å². The molecule has 0 amide bonds. The van der Waals surface area contributed by atoms with Crippen molar-refractivity contribution in [2.45, 2.75) is 0 Å². The molecule has 0 aliphatic carbocycles. The lowest BCUT2D eigenvalue weighted by Crippen LogP contribution is -2.09. The van der Waals surface area contributed by atoms with Gasteiger partial charge in [0, 0.05) is 38.9 Å². The van der Waals surface area contributed by atoms with E-state index in [0.29, 0.717) is 0 Å². The van der Waals surface area contributed by atoms with Crippen LogP contribution in [0.25, 0.3) is 93.2 Å². The van der Waals surface area contributed by atoms with Gasteiger partial charge in [-0.05, 0) is 121 Å². The molecule has 0 aliphatic heterocycles. The van der Waals surface area contributed by atoms with Gasteiger partial charge in [-0.25, -0.2) is 0 Å². The maximum absolute atomic E-state index is 2.44. The first kappa shape index (κ1) is 35.7. The van der Waals surface area contributed by atoms with Crippen LogP contribution in [0.4, 0.5) is 17.1 Å². The summed E-state index contributed by atoms with van der Waals surface area (Å²) >= 11 is 0. The molecule has 1 aromatic heterocycles. The highest BCUT2D eigenvalue weighted by atomic mass is 15.1. The molecule has 12 aromatic rings. The highest BCUT2D eigenvalue weighted by molar-refractivity contribution is 6.19. The Bertz CT molecular complexity index is 3590. The topological polar surface area (TPSA) is 8.17 Å². The molecule has 0 atom stereocenters. The minimum Gasteiger partial charge on any atom is -0.311 e. The van der Waals surface area contributed by atoms with Crippen LogP contribution in [0.1, 0.15) is 0 Å². The number of aromatic nitrogens is 1. The van der Waals surface area contributed by atoms with Crippen LogP contribution in [0.15, 0.2) is 243 Å². The second kappa shape index (κ2) is 14.8. The van der Waals surface area contributed by atoms with Crippen molar-refractivity contribution in [2.75, 3.05) is 4.90 Å². The van der Waals surface area contributed by atoms with Gasteiger partial charge in [0.15, 0.2) is 0 Å². The second-order valence-electron chi connectivity index (χ2n) is 16.2. The number of para-hydroxylation sites is 1. The predicted octanol–water partition coefficient (Wildman–Crippen LogP) is 16.7. The first-order chi connectivity index (χ1) is 30.7. The van der Waals surface area contributed by atoms with E-state index in [4.69, 9.17) is 0 Å². The smallest absolute Gasteiger partial charge is 0.0619 e. The molecule has 2 heteroatoms. The third-order valence-corrected chi connectivity index (χ3v) is 12.6. The molecule has 0 aliphatic rings. The predicted molar refractivity (Wildman–Crippen MR) is 264 cm³/mol. The van der Waals surface area contributed by atoms with Crippen LogP contribution < -0.4 is 4.90 Å². The van der Waals surface area contributed by atoms with Crippen molar-refractivity contribution in [1.29, 1.82) is 0 Å². The summed E-state index contributed by atoms with van der Waals surface area (Å²) in [4.78, 5) is 2.36. The molecule has 0 saturated carbocycles. The van der Waals surface area contributed by atoms with Crippen LogP contribution in [0.2, 0.25) is 0 Å². The van der Waals surface area contributed by atoms with Crippen molar-refractivity contribution >= 4 is 71.2 Å². The fourth-order valence-electron chi connectivity index (χ4n) is 9.48. The average Bonchev–Trinajstić information content (AvgIpc) is 3.69. The Balaban J connectivity index is 0.936. The number of hydrogen-bond donors (Lipinski definition) is 0. The minimum atomic E-state index is 1.09. The Morgan fingerprint density at radius 2 is 0.677 bits per heavy atom. The van der Waals surface area contributed by atoms with Gasteiger partial charge in [0.1, 0.15) is 0 Å². The van der Waals surface area contributed by atoms with Gasteiger partial charge in [-0.15, -0.1) is 0 Å². The molecule has 2 nitrogen and oxygen atoms in total. The van der Waals surface area contributed by atoms with Crippen LogP contribution in [-0.2, 0) is 0 Å². The standard InChI is InChI=1S/C60H40N2/c1-3-11-41(12-4-1)42-21-30-51(31-22-42)61(52-32-23-43(24-33-52)47-28-36-55-49(39-47)20-19-45-13-7-9-17-54(45)55)53-34-25-44(26-35-53)48-29-37-57-58-38-27-46-14-8-10-18-56(46)60(58)62(59(57)40-48)50-15-5-2-6-16-50/h1-40H. The summed E-state index contributed by atoms with van der Waals surface area (Å²) in [5.41, 5.74) is 14.0. The van der Waals surface area contributed by atoms with Crippen molar-refractivity contribution in [1.82, 2.24) is 4.57 Å². The Hall–Kier alpha value is -8.20. The number of rotatable bonds is 7. The molecule has 0 N–H and O–H groups in total. The largest absolute Gasteiger partial charge is 0.311 e. The normalized spacial score (nSPS) is 11.5. The van der Waals surface area contributed by atoms with E-state index in [1.807, 2.05) is 0 Å². The summed E-state index contributed by atoms with van der Waals surface area (Å²) in [6, 6.07) is 88.4. The lowest BCUT2D eigenvalue weighted by Gasteiger charge is -2.26. The first-order valence-corrected chi connectivity index (χ1v) is 21.3. The Kier molecular flexibility index (Phi) is 8.53. The van der Waals surface area contributed by atoms with E-state index in [1.165, 1.54) is 87.5 Å². The highest BCUT2D eigenvalue weighted by Gasteiger charge is 2.18. The molecule has 0 fully saturated rings. The zero-order valence-corrected chi connectivity index (χ0v) is 34.0. The summed E-state index contributed by atoms with van der Waals surface area (Å²) in [7, 11) is 0. The van der Waals surface area contributed by atoms with Crippen LogP contribution in [0, 0.1) is 0 Å². The fraction of sp³-hybridized carbons (Fsp3) is 0. The summed E-state index contributed by atoms with van der Waals surface area (Å²) in [5.74, 6) is 0. The number of anilines is 3. The monoisotopic (exact) mass is 788 g/mol. The summed E-state index contributed by atoms with van der Waals surface area (Å²) in [6.45, 7) is 0. The first-order valence-electron chi connectivity index (χ1n) is 21.3. The quantitative estimate of drug-likeness (QED) is 0.146. The Morgan fingerprint density at radius 3 is 1.32 bits per heavy atom. The number of fused-ring (bicyclic) bond motifs is 8. The summed E-state index contributed by atoms with van der Waals surface area (Å²) in [5, 5.41) is 10.1. The van der Waals surface area contributed by atoms with Crippen molar-refractivity contribution in [2.24, 2.45) is 0 Å². The van der Waals surface area contributed by atoms with Crippen LogP contribution in [0.3, 0.4) is 0 Å². The van der Waals surface area contributed by atoms with Gasteiger partial charge in [0.05, 0.1) is 11.0 Å². The lowest BCUT2D eigenvalue weighted by atomic mass is 9.97. The molecule has 0 bridgehead atoms. The molecule has 0 saturated heterocycles. The van der Waals surface area contributed by atoms with E-state index in [1.54, 1.807) is 0 Å². The van der Waals surface area contributed by atoms with Crippen molar-refractivity contribution in [3.8, 4) is 39.1 Å². The van der Waals surface area contributed by atoms with Gasteiger partial charge in [-0.3, -0.25) is 0 Å². The molecule has 11 aromatic carbocycles. The number of benzene rings is 11. The van der Waals surface area contributed by atoms with Gasteiger partial charge in [0.25, 0.3) is 0 Å². The van der Waals surface area contributed by atoms with Crippen LogP contribution >= 0.6 is 0 Å². The lowest BCUT2D eigenvalue weighted by molar-refractivity contribution is 1.19. The van der Waals surface area contributed by atoms with E-state index < -0.39 is 0 Å². The minimum absolute atomic E-state index is 1.09. The molecule has 0 radical (unpaired) electrons. The molecule has 290 valence electrons. The third-order valence-electron chi connectivity index (χ3n) is 12.6. The molecular weight excluding hydrogens is 749 g/mol. The molecule has 1 heterocycles. The Labute approximate surface area is 360 Å². The van der Waals surface area contributed by atoms with E-state index in [0.717, 1.165) is 22.7 Å². The van der Waals surface area contributed by atoms with Gasteiger partial charge < -0.3 is 9.47 Å². The zero-order valence-electron chi connectivity index (χ0n) is 34.0. The van der Waals surface area contributed by atoms with Crippen molar-refractivity contribution < 1.29 is 0 Å². The summed E-state index contributed by atoms with van der Waals surface area (Å²) in [6.07, 6.45) is 0. The van der Waals surface area contributed by atoms with Gasteiger partial charge >= 0.3 is 0 Å². The molecule has 12 rings (SSSR count). The average molecular weight is 789 g/mol. The zero-order chi connectivity index (χ0) is 41.0. The number of nitrogens with zero attached hydrogens (tertiary/aromatic N) is 2. The van der Waals surface area contributed by atoms with E-state index in [9.17, 15) is 0 Å². The Morgan fingerprint density at radius 1 is 0.258 bits per heavy atom. The maximum Gasteiger partial charge on any atom is 0.0619 e. The molecule has 0 unspecified atom stereocenters. The second-order valence-corrected chi connectivity index (χ2v) is 16.2. The van der Waals surface area contributed by atoms with Gasteiger partial charge in [-0.1, -0.05) is 182 Å². The molecule has 0 spiro atoms.